The summed E-state index contributed by atoms with van der Waals surface area (Å²) in [5.74, 6) is 0.484. The Labute approximate surface area is 136 Å². The lowest BCUT2D eigenvalue weighted by Crippen LogP contribution is -2.07. The van der Waals surface area contributed by atoms with E-state index in [-0.39, 0.29) is 5.56 Å². The summed E-state index contributed by atoms with van der Waals surface area (Å²) in [5.41, 5.74) is 0.606. The Morgan fingerprint density at radius 1 is 0.833 bits per heavy atom. The molecule has 0 radical (unpaired) electrons. The summed E-state index contributed by atoms with van der Waals surface area (Å²) in [5, 5.41) is 2.58. The molecule has 1 nitrogen and oxygen atoms in total. The third kappa shape index (κ3) is 2.18. The van der Waals surface area contributed by atoms with Crippen molar-refractivity contribution in [3.8, 4) is 11.1 Å². The van der Waals surface area contributed by atoms with Crippen molar-refractivity contribution < 1.29 is 17.6 Å². The molecule has 120 valence electrons. The average molecular weight is 326 g/mol. The van der Waals surface area contributed by atoms with Gasteiger partial charge in [0.15, 0.2) is 0 Å². The van der Waals surface area contributed by atoms with E-state index in [2.05, 4.69) is 0 Å². The van der Waals surface area contributed by atoms with Crippen molar-refractivity contribution in [2.24, 2.45) is 0 Å². The predicted octanol–water partition coefficient (Wildman–Crippen LogP) is 6.58. The van der Waals surface area contributed by atoms with Crippen LogP contribution in [0.5, 0.6) is 0 Å². The lowest BCUT2D eigenvalue weighted by molar-refractivity contribution is -0.137. The summed E-state index contributed by atoms with van der Waals surface area (Å²) < 4.78 is 46.1. The number of fused-ring (bicyclic) bond motifs is 3. The molecule has 4 heteroatoms. The highest BCUT2D eigenvalue weighted by atomic mass is 19.4. The van der Waals surface area contributed by atoms with E-state index in [1.54, 1.807) is 13.0 Å². The van der Waals surface area contributed by atoms with Crippen LogP contribution in [0.15, 0.2) is 65.1 Å². The molecule has 4 aromatic rings. The number of hydrogen-bond donors (Lipinski definition) is 0. The summed E-state index contributed by atoms with van der Waals surface area (Å²) in [7, 11) is 0. The molecule has 0 aliphatic rings. The monoisotopic (exact) mass is 326 g/mol. The van der Waals surface area contributed by atoms with Gasteiger partial charge in [0.05, 0.1) is 5.56 Å². The molecule has 0 saturated carbocycles. The van der Waals surface area contributed by atoms with Crippen LogP contribution in [0.25, 0.3) is 32.9 Å². The van der Waals surface area contributed by atoms with Crippen LogP contribution < -0.4 is 0 Å². The van der Waals surface area contributed by atoms with E-state index in [1.807, 2.05) is 36.4 Å². The third-order valence-corrected chi connectivity index (χ3v) is 4.26. The van der Waals surface area contributed by atoms with Crippen molar-refractivity contribution >= 4 is 21.7 Å². The van der Waals surface area contributed by atoms with Gasteiger partial charge in [-0.05, 0) is 35.4 Å². The van der Waals surface area contributed by atoms with Gasteiger partial charge in [-0.1, -0.05) is 48.5 Å². The van der Waals surface area contributed by atoms with Crippen LogP contribution in [0.1, 0.15) is 11.3 Å². The maximum absolute atomic E-state index is 13.5. The maximum atomic E-state index is 13.5. The number of furan rings is 1. The summed E-state index contributed by atoms with van der Waals surface area (Å²) in [6.45, 7) is 1.71. The van der Waals surface area contributed by atoms with E-state index in [9.17, 15) is 13.2 Å². The second-order valence-electron chi connectivity index (χ2n) is 5.74. The second kappa shape index (κ2) is 5.13. The fourth-order valence-electron chi connectivity index (χ4n) is 3.26. The van der Waals surface area contributed by atoms with Crippen molar-refractivity contribution in [3.05, 3.63) is 72.0 Å². The highest BCUT2D eigenvalue weighted by molar-refractivity contribution is 6.13. The largest absolute Gasteiger partial charge is 0.461 e. The minimum absolute atomic E-state index is 0.151. The number of halogens is 3. The Morgan fingerprint density at radius 2 is 1.54 bits per heavy atom. The molecule has 0 bridgehead atoms. The lowest BCUT2D eigenvalue weighted by atomic mass is 9.94. The quantitative estimate of drug-likeness (QED) is 0.385. The van der Waals surface area contributed by atoms with Gasteiger partial charge in [-0.15, -0.1) is 0 Å². The van der Waals surface area contributed by atoms with Gasteiger partial charge in [0.2, 0.25) is 0 Å². The van der Waals surface area contributed by atoms with Crippen molar-refractivity contribution in [2.45, 2.75) is 13.1 Å². The van der Waals surface area contributed by atoms with Gasteiger partial charge < -0.3 is 4.42 Å². The van der Waals surface area contributed by atoms with Crippen LogP contribution in [0.4, 0.5) is 13.2 Å². The van der Waals surface area contributed by atoms with Crippen LogP contribution in [0.2, 0.25) is 0 Å². The Bertz CT molecular complexity index is 1060. The van der Waals surface area contributed by atoms with E-state index in [0.29, 0.717) is 16.9 Å². The zero-order chi connectivity index (χ0) is 16.9. The molecule has 1 heterocycles. The van der Waals surface area contributed by atoms with Crippen LogP contribution in [0.3, 0.4) is 0 Å². The Balaban J connectivity index is 2.16. The highest BCUT2D eigenvalue weighted by Crippen LogP contribution is 2.43. The zero-order valence-electron chi connectivity index (χ0n) is 12.8. The van der Waals surface area contributed by atoms with Crippen LogP contribution in [0, 0.1) is 6.92 Å². The molecule has 0 aliphatic carbocycles. The van der Waals surface area contributed by atoms with Crippen LogP contribution in [-0.2, 0) is 6.18 Å². The SMILES string of the molecule is Cc1oc2ccc3ccccc3c2c1-c1ccccc1C(F)(F)F. The van der Waals surface area contributed by atoms with Gasteiger partial charge in [0, 0.05) is 10.9 Å². The Kier molecular flexibility index (Phi) is 3.17. The highest BCUT2D eigenvalue weighted by Gasteiger charge is 2.34. The molecule has 0 N–H and O–H groups in total. The first kappa shape index (κ1) is 14.8. The van der Waals surface area contributed by atoms with E-state index in [0.717, 1.165) is 22.2 Å². The summed E-state index contributed by atoms with van der Waals surface area (Å²) in [6, 6.07) is 17.0. The molecule has 0 amide bonds. The molecular formula is C20H13F3O. The lowest BCUT2D eigenvalue weighted by Gasteiger charge is -2.13. The fourth-order valence-corrected chi connectivity index (χ4v) is 3.26. The molecule has 1 aromatic heterocycles. The maximum Gasteiger partial charge on any atom is 0.417 e. The number of alkyl halides is 3. The summed E-state index contributed by atoms with van der Waals surface area (Å²) in [4.78, 5) is 0. The molecular weight excluding hydrogens is 313 g/mol. The Morgan fingerprint density at radius 3 is 2.33 bits per heavy atom. The fraction of sp³-hybridized carbons (Fsp3) is 0.100. The van der Waals surface area contributed by atoms with Gasteiger partial charge in [-0.25, -0.2) is 0 Å². The number of rotatable bonds is 1. The minimum Gasteiger partial charge on any atom is -0.461 e. The molecule has 0 fully saturated rings. The van der Waals surface area contributed by atoms with Crippen LogP contribution >= 0.6 is 0 Å². The second-order valence-corrected chi connectivity index (χ2v) is 5.74. The van der Waals surface area contributed by atoms with Crippen molar-refractivity contribution in [1.82, 2.24) is 0 Å². The molecule has 0 aliphatic heterocycles. The first-order valence-corrected chi connectivity index (χ1v) is 7.54. The average Bonchev–Trinajstić information content (AvgIpc) is 2.90. The van der Waals surface area contributed by atoms with Crippen molar-refractivity contribution in [1.29, 1.82) is 0 Å². The number of hydrogen-bond acceptors (Lipinski definition) is 1. The summed E-state index contributed by atoms with van der Waals surface area (Å²) >= 11 is 0. The minimum atomic E-state index is -4.42. The normalized spacial score (nSPS) is 12.2. The first-order chi connectivity index (χ1) is 11.5. The zero-order valence-corrected chi connectivity index (χ0v) is 12.8. The van der Waals surface area contributed by atoms with E-state index in [4.69, 9.17) is 4.42 Å². The molecule has 0 spiro atoms. The van der Waals surface area contributed by atoms with Crippen molar-refractivity contribution in [2.75, 3.05) is 0 Å². The van der Waals surface area contributed by atoms with Gasteiger partial charge in [-0.3, -0.25) is 0 Å². The van der Waals surface area contributed by atoms with Gasteiger partial charge in [0.1, 0.15) is 11.3 Å². The van der Waals surface area contributed by atoms with Crippen molar-refractivity contribution in [3.63, 3.8) is 0 Å². The van der Waals surface area contributed by atoms with Gasteiger partial charge in [0.25, 0.3) is 0 Å². The molecule has 0 unspecified atom stereocenters. The predicted molar refractivity (Wildman–Crippen MR) is 88.9 cm³/mol. The third-order valence-electron chi connectivity index (χ3n) is 4.26. The smallest absolute Gasteiger partial charge is 0.417 e. The molecule has 0 saturated heterocycles. The van der Waals surface area contributed by atoms with E-state index < -0.39 is 11.7 Å². The van der Waals surface area contributed by atoms with Gasteiger partial charge >= 0.3 is 6.18 Å². The van der Waals surface area contributed by atoms with Gasteiger partial charge in [-0.2, -0.15) is 13.2 Å². The van der Waals surface area contributed by atoms with E-state index >= 15 is 0 Å². The molecule has 3 aromatic carbocycles. The molecule has 0 atom stereocenters. The standard InChI is InChI=1S/C20H13F3O/c1-12-18(15-8-4-5-9-16(15)20(21,22)23)19-14-7-3-2-6-13(14)10-11-17(19)24-12/h2-11H,1H3. The Hall–Kier alpha value is -2.75. The molecule has 4 rings (SSSR count). The first-order valence-electron chi connectivity index (χ1n) is 7.54. The van der Waals surface area contributed by atoms with Crippen LogP contribution in [-0.4, -0.2) is 0 Å². The number of aryl methyl sites for hydroxylation is 1. The summed E-state index contributed by atoms with van der Waals surface area (Å²) in [6.07, 6.45) is -4.42. The number of benzene rings is 3. The molecule has 24 heavy (non-hydrogen) atoms. The van der Waals surface area contributed by atoms with E-state index in [1.165, 1.54) is 12.1 Å². The topological polar surface area (TPSA) is 13.1 Å².